The second kappa shape index (κ2) is 4.28. The Morgan fingerprint density at radius 3 is 2.56 bits per heavy atom. The second-order valence-electron chi connectivity index (χ2n) is 5.73. The lowest BCUT2D eigenvalue weighted by molar-refractivity contribution is 0.311. The molecule has 0 aliphatic carbocycles. The molecule has 0 aliphatic heterocycles. The maximum absolute atomic E-state index is 6.29. The fourth-order valence-corrected chi connectivity index (χ4v) is 1.99. The maximum Gasteiger partial charge on any atom is 0.127 e. The lowest BCUT2D eigenvalue weighted by Gasteiger charge is -2.26. The van der Waals surface area contributed by atoms with E-state index >= 15 is 0 Å². The van der Waals surface area contributed by atoms with Gasteiger partial charge in [-0.3, -0.25) is 0 Å². The molecular formula is C14H21N3O. The molecule has 0 saturated heterocycles. The van der Waals surface area contributed by atoms with Gasteiger partial charge in [0.1, 0.15) is 11.6 Å². The number of aromatic nitrogens is 2. The molecule has 0 fully saturated rings. The van der Waals surface area contributed by atoms with Gasteiger partial charge in [-0.25, -0.2) is 4.98 Å². The molecule has 2 N–H and O–H groups in total. The number of hydrogen-bond acceptors (Lipinski definition) is 3. The van der Waals surface area contributed by atoms with E-state index in [1.807, 2.05) is 25.2 Å². The fourth-order valence-electron chi connectivity index (χ4n) is 1.99. The van der Waals surface area contributed by atoms with Crippen LogP contribution < -0.4 is 10.5 Å². The zero-order valence-electron chi connectivity index (χ0n) is 11.7. The molecule has 18 heavy (non-hydrogen) atoms. The third kappa shape index (κ3) is 2.08. The monoisotopic (exact) mass is 247 g/mol. The Labute approximate surface area is 108 Å². The van der Waals surface area contributed by atoms with E-state index in [0.29, 0.717) is 0 Å². The largest absolute Gasteiger partial charge is 0.497 e. The number of methoxy groups -OCH3 is 1. The van der Waals surface area contributed by atoms with Gasteiger partial charge in [0.25, 0.3) is 0 Å². The number of nitrogens with two attached hydrogens (primary N) is 1. The van der Waals surface area contributed by atoms with Crippen molar-refractivity contribution in [2.24, 2.45) is 18.2 Å². The molecular weight excluding hydrogens is 226 g/mol. The molecule has 1 atom stereocenters. The molecule has 0 amide bonds. The van der Waals surface area contributed by atoms with Gasteiger partial charge >= 0.3 is 0 Å². The predicted molar refractivity (Wildman–Crippen MR) is 73.6 cm³/mol. The van der Waals surface area contributed by atoms with Crippen molar-refractivity contribution >= 4 is 11.0 Å². The van der Waals surface area contributed by atoms with Gasteiger partial charge in [0, 0.05) is 13.1 Å². The standard InChI is InChI=1S/C14H21N3O/c1-14(2,3)12(15)13-16-10-8-9(18-5)6-7-11(10)17(13)4/h6-8,12H,15H2,1-5H3. The molecule has 0 radical (unpaired) electrons. The highest BCUT2D eigenvalue weighted by Crippen LogP contribution is 2.32. The van der Waals surface area contributed by atoms with Crippen LogP contribution in [0, 0.1) is 5.41 Å². The van der Waals surface area contributed by atoms with Crippen molar-refractivity contribution in [3.63, 3.8) is 0 Å². The van der Waals surface area contributed by atoms with Gasteiger partial charge in [-0.2, -0.15) is 0 Å². The highest BCUT2D eigenvalue weighted by Gasteiger charge is 2.26. The summed E-state index contributed by atoms with van der Waals surface area (Å²) in [6.45, 7) is 6.37. The normalized spacial score (nSPS) is 13.9. The van der Waals surface area contributed by atoms with Gasteiger partial charge in [-0.05, 0) is 17.5 Å². The molecule has 1 heterocycles. The quantitative estimate of drug-likeness (QED) is 0.887. The van der Waals surface area contributed by atoms with Crippen LogP contribution in [-0.2, 0) is 7.05 Å². The number of fused-ring (bicyclic) bond motifs is 1. The second-order valence-corrected chi connectivity index (χ2v) is 5.73. The van der Waals surface area contributed by atoms with E-state index < -0.39 is 0 Å². The van der Waals surface area contributed by atoms with Crippen LogP contribution in [0.3, 0.4) is 0 Å². The summed E-state index contributed by atoms with van der Waals surface area (Å²) in [5.74, 6) is 1.72. The van der Waals surface area contributed by atoms with Gasteiger partial charge in [0.2, 0.25) is 0 Å². The number of ether oxygens (including phenoxy) is 1. The molecule has 0 spiro atoms. The van der Waals surface area contributed by atoms with E-state index in [9.17, 15) is 0 Å². The Bertz CT molecular complexity index is 566. The van der Waals surface area contributed by atoms with E-state index in [-0.39, 0.29) is 11.5 Å². The molecule has 0 aliphatic rings. The summed E-state index contributed by atoms with van der Waals surface area (Å²) < 4.78 is 7.28. The lowest BCUT2D eigenvalue weighted by Crippen LogP contribution is -2.28. The Balaban J connectivity index is 2.57. The van der Waals surface area contributed by atoms with Gasteiger partial charge < -0.3 is 15.0 Å². The van der Waals surface area contributed by atoms with E-state index in [0.717, 1.165) is 22.6 Å². The summed E-state index contributed by atoms with van der Waals surface area (Å²) in [5.41, 5.74) is 8.28. The summed E-state index contributed by atoms with van der Waals surface area (Å²) in [6.07, 6.45) is 0. The number of rotatable bonds is 2. The maximum atomic E-state index is 6.29. The number of hydrogen-bond donors (Lipinski definition) is 1. The Kier molecular flexibility index (Phi) is 3.07. The Hall–Kier alpha value is -1.55. The zero-order valence-corrected chi connectivity index (χ0v) is 11.7. The molecule has 1 unspecified atom stereocenters. The van der Waals surface area contributed by atoms with Crippen LogP contribution in [0.5, 0.6) is 5.75 Å². The summed E-state index contributed by atoms with van der Waals surface area (Å²) in [4.78, 5) is 4.65. The van der Waals surface area contributed by atoms with E-state index in [4.69, 9.17) is 10.5 Å². The van der Waals surface area contributed by atoms with Crippen molar-refractivity contribution < 1.29 is 4.74 Å². The average Bonchev–Trinajstić information content (AvgIpc) is 2.64. The Morgan fingerprint density at radius 1 is 1.33 bits per heavy atom. The molecule has 4 heteroatoms. The smallest absolute Gasteiger partial charge is 0.127 e. The van der Waals surface area contributed by atoms with Gasteiger partial charge in [0.05, 0.1) is 24.2 Å². The highest BCUT2D eigenvalue weighted by atomic mass is 16.5. The fraction of sp³-hybridized carbons (Fsp3) is 0.500. The van der Waals surface area contributed by atoms with Crippen molar-refractivity contribution in [1.82, 2.24) is 9.55 Å². The van der Waals surface area contributed by atoms with Crippen LogP contribution >= 0.6 is 0 Å². The molecule has 98 valence electrons. The minimum absolute atomic E-state index is 0.0147. The van der Waals surface area contributed by atoms with Crippen molar-refractivity contribution in [3.05, 3.63) is 24.0 Å². The van der Waals surface area contributed by atoms with Crippen molar-refractivity contribution in [2.45, 2.75) is 26.8 Å². The van der Waals surface area contributed by atoms with E-state index in [1.54, 1.807) is 7.11 Å². The summed E-state index contributed by atoms with van der Waals surface area (Å²) in [6, 6.07) is 5.80. The number of imidazole rings is 1. The third-order valence-electron chi connectivity index (χ3n) is 3.33. The first-order chi connectivity index (χ1) is 8.34. The van der Waals surface area contributed by atoms with Crippen LogP contribution in [-0.4, -0.2) is 16.7 Å². The Morgan fingerprint density at radius 2 is 2.00 bits per heavy atom. The first-order valence-electron chi connectivity index (χ1n) is 6.10. The topological polar surface area (TPSA) is 53.1 Å². The number of aryl methyl sites for hydroxylation is 1. The lowest BCUT2D eigenvalue weighted by atomic mass is 9.87. The molecule has 2 rings (SSSR count). The van der Waals surface area contributed by atoms with Crippen LogP contribution in [0.15, 0.2) is 18.2 Å². The first-order valence-corrected chi connectivity index (χ1v) is 6.10. The summed E-state index contributed by atoms with van der Waals surface area (Å²) in [7, 11) is 3.66. The molecule has 1 aromatic heterocycles. The van der Waals surface area contributed by atoms with Gasteiger partial charge in [-0.1, -0.05) is 20.8 Å². The SMILES string of the molecule is COc1ccc2c(c1)nc(C(N)C(C)(C)C)n2C. The van der Waals surface area contributed by atoms with Gasteiger partial charge in [-0.15, -0.1) is 0 Å². The molecule has 0 saturated carbocycles. The van der Waals surface area contributed by atoms with Crippen LogP contribution in [0.1, 0.15) is 32.6 Å². The molecule has 0 bridgehead atoms. The molecule has 2 aromatic rings. The number of benzene rings is 1. The average molecular weight is 247 g/mol. The van der Waals surface area contributed by atoms with Gasteiger partial charge in [0.15, 0.2) is 0 Å². The minimum Gasteiger partial charge on any atom is -0.497 e. The molecule has 4 nitrogen and oxygen atoms in total. The highest BCUT2D eigenvalue weighted by molar-refractivity contribution is 5.77. The third-order valence-corrected chi connectivity index (χ3v) is 3.33. The van der Waals surface area contributed by atoms with Crippen LogP contribution in [0.2, 0.25) is 0 Å². The van der Waals surface area contributed by atoms with Crippen molar-refractivity contribution in [1.29, 1.82) is 0 Å². The predicted octanol–water partition coefficient (Wildman–Crippen LogP) is 2.63. The van der Waals surface area contributed by atoms with Crippen LogP contribution in [0.4, 0.5) is 0 Å². The zero-order chi connectivity index (χ0) is 13.5. The number of nitrogens with zero attached hydrogens (tertiary/aromatic N) is 2. The first kappa shape index (κ1) is 12.9. The minimum atomic E-state index is -0.0964. The van der Waals surface area contributed by atoms with E-state index in [2.05, 4.69) is 30.3 Å². The molecule has 1 aromatic carbocycles. The summed E-state index contributed by atoms with van der Waals surface area (Å²) in [5, 5.41) is 0. The van der Waals surface area contributed by atoms with E-state index in [1.165, 1.54) is 0 Å². The summed E-state index contributed by atoms with van der Waals surface area (Å²) >= 11 is 0. The van der Waals surface area contributed by atoms with Crippen molar-refractivity contribution in [2.75, 3.05) is 7.11 Å². The van der Waals surface area contributed by atoms with Crippen LogP contribution in [0.25, 0.3) is 11.0 Å². The van der Waals surface area contributed by atoms with Crippen molar-refractivity contribution in [3.8, 4) is 5.75 Å².